The molecule has 0 aliphatic rings. The summed E-state index contributed by atoms with van der Waals surface area (Å²) in [7, 11) is -1.20. The molecule has 1 N–H and O–H groups in total. The van der Waals surface area contributed by atoms with Gasteiger partial charge in [-0.15, -0.1) is 0 Å². The van der Waals surface area contributed by atoms with Crippen LogP contribution in [0, 0.1) is 0 Å². The van der Waals surface area contributed by atoms with E-state index in [9.17, 15) is 18.0 Å². The van der Waals surface area contributed by atoms with Gasteiger partial charge in [-0.2, -0.15) is 4.31 Å². The Hall–Kier alpha value is -2.91. The Balaban J connectivity index is 2.20. The maximum absolute atomic E-state index is 13.0. The number of methoxy groups -OCH3 is 2. The normalized spacial score (nSPS) is 11.2. The first-order valence-corrected chi connectivity index (χ1v) is 10.4. The predicted octanol–water partition coefficient (Wildman–Crippen LogP) is 2.52. The molecule has 2 aromatic carbocycles. The summed E-state index contributed by atoms with van der Waals surface area (Å²) < 4.78 is 36.9. The molecule has 0 fully saturated rings. The average molecular weight is 420 g/mol. The minimum absolute atomic E-state index is 0.0105. The monoisotopic (exact) mass is 420 g/mol. The largest absolute Gasteiger partial charge is 0.495 e. The zero-order valence-electron chi connectivity index (χ0n) is 16.5. The number of nitrogens with zero attached hydrogens (tertiary/aromatic N) is 1. The first-order chi connectivity index (χ1) is 13.8. The summed E-state index contributed by atoms with van der Waals surface area (Å²) in [6.45, 7) is 1.63. The van der Waals surface area contributed by atoms with Crippen LogP contribution in [0.25, 0.3) is 0 Å². The molecule has 1 amide bonds. The molecule has 0 spiro atoms. The summed E-state index contributed by atoms with van der Waals surface area (Å²) in [6, 6.07) is 12.3. The quantitative estimate of drug-likeness (QED) is 0.626. The molecule has 0 unspecified atom stereocenters. The fraction of sp³-hybridized carbons (Fsp3) is 0.300. The van der Waals surface area contributed by atoms with Crippen LogP contribution in [0.2, 0.25) is 0 Å². The van der Waals surface area contributed by atoms with Crippen LogP contribution in [0.3, 0.4) is 0 Å². The smallest absolute Gasteiger partial charge is 0.337 e. The molecule has 0 radical (unpaired) electrons. The molecule has 0 saturated carbocycles. The molecular formula is C20H24N2O6S. The van der Waals surface area contributed by atoms with E-state index >= 15 is 0 Å². The molecule has 9 heteroatoms. The van der Waals surface area contributed by atoms with Crippen LogP contribution in [0.4, 0.5) is 5.69 Å². The third-order valence-electron chi connectivity index (χ3n) is 4.09. The number of benzene rings is 2. The number of carbonyl (C=O) groups excluding carboxylic acids is 2. The minimum Gasteiger partial charge on any atom is -0.495 e. The highest BCUT2D eigenvalue weighted by molar-refractivity contribution is 7.89. The van der Waals surface area contributed by atoms with E-state index in [2.05, 4.69) is 10.1 Å². The number of para-hydroxylation sites is 2. The number of carbonyl (C=O) groups is 2. The molecule has 0 atom stereocenters. The van der Waals surface area contributed by atoms with Crippen LogP contribution in [0.5, 0.6) is 5.75 Å². The van der Waals surface area contributed by atoms with Gasteiger partial charge in [-0.1, -0.05) is 19.1 Å². The lowest BCUT2D eigenvalue weighted by molar-refractivity contribution is -0.116. The van der Waals surface area contributed by atoms with Gasteiger partial charge in [0.25, 0.3) is 0 Å². The molecule has 2 aromatic rings. The van der Waals surface area contributed by atoms with Crippen LogP contribution in [0.15, 0.2) is 53.4 Å². The van der Waals surface area contributed by atoms with Gasteiger partial charge in [0.2, 0.25) is 15.9 Å². The van der Waals surface area contributed by atoms with Gasteiger partial charge in [0, 0.05) is 6.54 Å². The number of nitrogens with one attached hydrogen (secondary N) is 1. The van der Waals surface area contributed by atoms with Crippen molar-refractivity contribution in [2.75, 3.05) is 32.6 Å². The fourth-order valence-electron chi connectivity index (χ4n) is 2.66. The Morgan fingerprint density at radius 1 is 1.03 bits per heavy atom. The van der Waals surface area contributed by atoms with E-state index in [4.69, 9.17) is 4.74 Å². The maximum Gasteiger partial charge on any atom is 0.337 e. The van der Waals surface area contributed by atoms with E-state index in [0.717, 1.165) is 4.31 Å². The van der Waals surface area contributed by atoms with E-state index < -0.39 is 21.9 Å². The van der Waals surface area contributed by atoms with Gasteiger partial charge in [0.15, 0.2) is 0 Å². The van der Waals surface area contributed by atoms with Crippen LogP contribution in [0.1, 0.15) is 23.7 Å². The topological polar surface area (TPSA) is 102 Å². The predicted molar refractivity (Wildman–Crippen MR) is 108 cm³/mol. The highest BCUT2D eigenvalue weighted by Crippen LogP contribution is 2.23. The minimum atomic E-state index is -3.93. The number of amides is 1. The Bertz CT molecular complexity index is 957. The molecule has 0 saturated heterocycles. The summed E-state index contributed by atoms with van der Waals surface area (Å²) in [4.78, 5) is 24.0. The molecule has 0 aliphatic heterocycles. The number of hydrogen-bond acceptors (Lipinski definition) is 6. The van der Waals surface area contributed by atoms with Crippen LogP contribution < -0.4 is 10.1 Å². The van der Waals surface area contributed by atoms with E-state index in [1.807, 2.05) is 6.92 Å². The van der Waals surface area contributed by atoms with Crippen molar-refractivity contribution in [2.24, 2.45) is 0 Å². The van der Waals surface area contributed by atoms with E-state index in [1.54, 1.807) is 24.3 Å². The second-order valence-corrected chi connectivity index (χ2v) is 8.04. The molecule has 0 heterocycles. The number of hydrogen-bond donors (Lipinski definition) is 1. The Kier molecular flexibility index (Phi) is 7.74. The van der Waals surface area contributed by atoms with Crippen molar-refractivity contribution in [1.29, 1.82) is 0 Å². The maximum atomic E-state index is 13.0. The van der Waals surface area contributed by atoms with Crippen molar-refractivity contribution in [1.82, 2.24) is 4.31 Å². The standard InChI is InChI=1S/C20H24N2O6S/c1-4-13-22(14-19(23)21-17-7-5-6-8-18(17)27-2)29(25,26)16-11-9-15(10-12-16)20(24)28-3/h5-12H,4,13-14H2,1-3H3,(H,21,23). The van der Waals surface area contributed by atoms with Crippen molar-refractivity contribution < 1.29 is 27.5 Å². The Morgan fingerprint density at radius 3 is 2.28 bits per heavy atom. The van der Waals surface area contributed by atoms with Gasteiger partial charge in [-0.05, 0) is 42.8 Å². The van der Waals surface area contributed by atoms with Crippen molar-refractivity contribution >= 4 is 27.6 Å². The summed E-state index contributed by atoms with van der Waals surface area (Å²) in [5, 5.41) is 2.67. The van der Waals surface area contributed by atoms with Crippen molar-refractivity contribution in [3.05, 3.63) is 54.1 Å². The second kappa shape index (κ2) is 10.0. The fourth-order valence-corrected chi connectivity index (χ4v) is 4.15. The van der Waals surface area contributed by atoms with E-state index in [0.29, 0.717) is 17.9 Å². The second-order valence-electron chi connectivity index (χ2n) is 6.10. The molecule has 29 heavy (non-hydrogen) atoms. The number of sulfonamides is 1. The van der Waals surface area contributed by atoms with E-state index in [-0.39, 0.29) is 23.5 Å². The molecule has 8 nitrogen and oxygen atoms in total. The van der Waals surface area contributed by atoms with Gasteiger partial charge >= 0.3 is 5.97 Å². The third-order valence-corrected chi connectivity index (χ3v) is 5.95. The zero-order chi connectivity index (χ0) is 21.4. The van der Waals surface area contributed by atoms with Crippen LogP contribution in [-0.4, -0.2) is 51.9 Å². The van der Waals surface area contributed by atoms with Gasteiger partial charge < -0.3 is 14.8 Å². The third kappa shape index (κ3) is 5.55. The van der Waals surface area contributed by atoms with Gasteiger partial charge in [-0.3, -0.25) is 4.79 Å². The Morgan fingerprint density at radius 2 is 1.69 bits per heavy atom. The summed E-state index contributed by atoms with van der Waals surface area (Å²) in [5.41, 5.74) is 0.693. The first-order valence-electron chi connectivity index (χ1n) is 8.94. The summed E-state index contributed by atoms with van der Waals surface area (Å²) in [6.07, 6.45) is 0.529. The van der Waals surface area contributed by atoms with Crippen molar-refractivity contribution in [3.8, 4) is 5.75 Å². The number of anilines is 1. The lowest BCUT2D eigenvalue weighted by atomic mass is 10.2. The Labute approximate surface area is 170 Å². The van der Waals surface area contributed by atoms with Crippen molar-refractivity contribution in [2.45, 2.75) is 18.2 Å². The zero-order valence-corrected chi connectivity index (χ0v) is 17.4. The number of rotatable bonds is 9. The molecule has 156 valence electrons. The molecule has 0 aromatic heterocycles. The highest BCUT2D eigenvalue weighted by atomic mass is 32.2. The first kappa shape index (κ1) is 22.4. The summed E-state index contributed by atoms with van der Waals surface area (Å²) in [5.74, 6) is -0.572. The summed E-state index contributed by atoms with van der Waals surface area (Å²) >= 11 is 0. The van der Waals surface area contributed by atoms with Crippen molar-refractivity contribution in [3.63, 3.8) is 0 Å². The van der Waals surface area contributed by atoms with Gasteiger partial charge in [-0.25, -0.2) is 13.2 Å². The number of esters is 1. The lowest BCUT2D eigenvalue weighted by Crippen LogP contribution is -2.38. The number of ether oxygens (including phenoxy) is 2. The lowest BCUT2D eigenvalue weighted by Gasteiger charge is -2.21. The highest BCUT2D eigenvalue weighted by Gasteiger charge is 2.26. The van der Waals surface area contributed by atoms with Gasteiger partial charge in [0.1, 0.15) is 5.75 Å². The molecule has 0 bridgehead atoms. The molecule has 2 rings (SSSR count). The van der Waals surface area contributed by atoms with Crippen LogP contribution >= 0.6 is 0 Å². The average Bonchev–Trinajstić information content (AvgIpc) is 2.73. The molecule has 0 aliphatic carbocycles. The van der Waals surface area contributed by atoms with Crippen LogP contribution in [-0.2, 0) is 19.6 Å². The van der Waals surface area contributed by atoms with Gasteiger partial charge in [0.05, 0.1) is 36.9 Å². The SMILES string of the molecule is CCCN(CC(=O)Nc1ccccc1OC)S(=O)(=O)c1ccc(C(=O)OC)cc1. The van der Waals surface area contributed by atoms with E-state index in [1.165, 1.54) is 38.5 Å². The molecular weight excluding hydrogens is 396 g/mol.